The first kappa shape index (κ1) is 16.1. The zero-order chi connectivity index (χ0) is 16.4. The smallest absolute Gasteiger partial charge is 0.267 e. The second-order valence-electron chi connectivity index (χ2n) is 5.42. The van der Waals surface area contributed by atoms with E-state index in [1.54, 1.807) is 12.1 Å². The molecule has 1 aliphatic heterocycles. The monoisotopic (exact) mass is 349 g/mol. The number of hydrogen-bond donors (Lipinski definition) is 1. The molecule has 0 atom stereocenters. The molecule has 3 rings (SSSR count). The van der Waals surface area contributed by atoms with Crippen molar-refractivity contribution in [3.05, 3.63) is 51.2 Å². The molecule has 0 saturated heterocycles. The summed E-state index contributed by atoms with van der Waals surface area (Å²) in [4.78, 5) is 29.5. The van der Waals surface area contributed by atoms with Crippen LogP contribution < -0.4 is 10.9 Å². The van der Waals surface area contributed by atoms with Crippen LogP contribution in [0.1, 0.15) is 17.7 Å². The van der Waals surface area contributed by atoms with Gasteiger partial charge in [0.2, 0.25) is 5.91 Å². The molecular weight excluding hydrogens is 334 g/mol. The highest BCUT2D eigenvalue weighted by Gasteiger charge is 2.17. The summed E-state index contributed by atoms with van der Waals surface area (Å²) >= 11 is 7.56. The van der Waals surface area contributed by atoms with Crippen molar-refractivity contribution in [2.75, 3.05) is 11.1 Å². The topological polar surface area (TPSA) is 64.0 Å². The number of rotatable bonds is 3. The second kappa shape index (κ2) is 6.76. The van der Waals surface area contributed by atoms with Gasteiger partial charge in [-0.1, -0.05) is 17.7 Å². The number of fused-ring (bicyclic) bond motifs is 1. The summed E-state index contributed by atoms with van der Waals surface area (Å²) < 4.78 is 1.35. The van der Waals surface area contributed by atoms with Gasteiger partial charge in [-0.3, -0.25) is 14.2 Å². The Morgan fingerprint density at radius 2 is 2.30 bits per heavy atom. The van der Waals surface area contributed by atoms with Gasteiger partial charge >= 0.3 is 0 Å². The van der Waals surface area contributed by atoms with E-state index in [1.165, 1.54) is 22.7 Å². The van der Waals surface area contributed by atoms with Crippen molar-refractivity contribution in [1.29, 1.82) is 0 Å². The standard InChI is InChI=1S/C16H16ClN3O2S/c1-10-4-5-11(7-12(10)17)19-14(21)8-20-9-18-13-3-2-6-23-15(13)16(20)22/h4-5,7,9H,2-3,6,8H2,1H3,(H,19,21). The van der Waals surface area contributed by atoms with Gasteiger partial charge in [-0.15, -0.1) is 11.8 Å². The van der Waals surface area contributed by atoms with Crippen LogP contribution in [0.3, 0.4) is 0 Å². The Morgan fingerprint density at radius 1 is 1.48 bits per heavy atom. The van der Waals surface area contributed by atoms with Crippen molar-refractivity contribution in [1.82, 2.24) is 9.55 Å². The van der Waals surface area contributed by atoms with Gasteiger partial charge in [-0.25, -0.2) is 4.98 Å². The Kier molecular flexibility index (Phi) is 4.73. The zero-order valence-corrected chi connectivity index (χ0v) is 14.2. The van der Waals surface area contributed by atoms with Crippen LogP contribution >= 0.6 is 23.4 Å². The molecule has 0 bridgehead atoms. The van der Waals surface area contributed by atoms with Gasteiger partial charge in [-0.05, 0) is 43.2 Å². The molecule has 1 aliphatic rings. The molecular formula is C16H16ClN3O2S. The lowest BCUT2D eigenvalue weighted by Gasteiger charge is -2.15. The molecule has 2 aromatic rings. The fourth-order valence-corrected chi connectivity index (χ4v) is 3.62. The predicted octanol–water partition coefficient (Wildman–Crippen LogP) is 2.88. The number of amides is 1. The number of nitrogens with zero attached hydrogens (tertiary/aromatic N) is 2. The van der Waals surface area contributed by atoms with Gasteiger partial charge in [0.25, 0.3) is 5.56 Å². The number of carbonyl (C=O) groups is 1. The van der Waals surface area contributed by atoms with Gasteiger partial charge in [-0.2, -0.15) is 0 Å². The highest BCUT2D eigenvalue weighted by atomic mass is 35.5. The quantitative estimate of drug-likeness (QED) is 0.925. The predicted molar refractivity (Wildman–Crippen MR) is 92.4 cm³/mol. The minimum atomic E-state index is -0.283. The summed E-state index contributed by atoms with van der Waals surface area (Å²) in [6.45, 7) is 1.83. The van der Waals surface area contributed by atoms with Crippen molar-refractivity contribution in [3.8, 4) is 0 Å². The molecule has 1 aromatic carbocycles. The van der Waals surface area contributed by atoms with Crippen LogP contribution in [-0.2, 0) is 17.8 Å². The molecule has 0 fully saturated rings. The SMILES string of the molecule is Cc1ccc(NC(=O)Cn2cnc3c(c2=O)SCCC3)cc1Cl. The summed E-state index contributed by atoms with van der Waals surface area (Å²) in [5.74, 6) is 0.636. The fraction of sp³-hybridized carbons (Fsp3) is 0.312. The van der Waals surface area contributed by atoms with E-state index in [0.29, 0.717) is 15.6 Å². The third kappa shape index (κ3) is 3.59. The number of thioether (sulfide) groups is 1. The minimum absolute atomic E-state index is 0.0643. The van der Waals surface area contributed by atoms with Gasteiger partial charge < -0.3 is 5.32 Å². The zero-order valence-electron chi connectivity index (χ0n) is 12.6. The molecule has 1 N–H and O–H groups in total. The summed E-state index contributed by atoms with van der Waals surface area (Å²) in [7, 11) is 0. The fourth-order valence-electron chi connectivity index (χ4n) is 2.38. The maximum atomic E-state index is 12.4. The number of aryl methyl sites for hydroxylation is 2. The molecule has 1 aromatic heterocycles. The number of benzene rings is 1. The van der Waals surface area contributed by atoms with Crippen molar-refractivity contribution < 1.29 is 4.79 Å². The molecule has 120 valence electrons. The number of aromatic nitrogens is 2. The van der Waals surface area contributed by atoms with Crippen LogP contribution in [0.5, 0.6) is 0 Å². The highest BCUT2D eigenvalue weighted by molar-refractivity contribution is 7.99. The number of halogens is 1. The molecule has 7 heteroatoms. The lowest BCUT2D eigenvalue weighted by molar-refractivity contribution is -0.116. The van der Waals surface area contributed by atoms with Crippen LogP contribution in [0.25, 0.3) is 0 Å². The molecule has 23 heavy (non-hydrogen) atoms. The maximum absolute atomic E-state index is 12.4. The molecule has 2 heterocycles. The van der Waals surface area contributed by atoms with Crippen LogP contribution in [0.2, 0.25) is 5.02 Å². The van der Waals surface area contributed by atoms with Crippen LogP contribution in [0.4, 0.5) is 5.69 Å². The van der Waals surface area contributed by atoms with E-state index in [4.69, 9.17) is 11.6 Å². The molecule has 0 radical (unpaired) electrons. The average Bonchev–Trinajstić information content (AvgIpc) is 2.54. The van der Waals surface area contributed by atoms with E-state index in [9.17, 15) is 9.59 Å². The minimum Gasteiger partial charge on any atom is -0.324 e. The van der Waals surface area contributed by atoms with E-state index >= 15 is 0 Å². The lowest BCUT2D eigenvalue weighted by atomic mass is 10.2. The van der Waals surface area contributed by atoms with Crippen molar-refractivity contribution >= 4 is 35.0 Å². The van der Waals surface area contributed by atoms with Crippen molar-refractivity contribution in [2.45, 2.75) is 31.2 Å². The lowest BCUT2D eigenvalue weighted by Crippen LogP contribution is -2.30. The van der Waals surface area contributed by atoms with E-state index < -0.39 is 0 Å². The first-order chi connectivity index (χ1) is 11.0. The van der Waals surface area contributed by atoms with E-state index in [0.717, 1.165) is 29.9 Å². The summed E-state index contributed by atoms with van der Waals surface area (Å²) in [6, 6.07) is 5.31. The third-order valence-electron chi connectivity index (χ3n) is 3.64. The first-order valence-corrected chi connectivity index (χ1v) is 8.68. The Balaban J connectivity index is 1.75. The van der Waals surface area contributed by atoms with Crippen molar-refractivity contribution in [3.63, 3.8) is 0 Å². The van der Waals surface area contributed by atoms with Gasteiger partial charge in [0.1, 0.15) is 6.54 Å². The molecule has 5 nitrogen and oxygen atoms in total. The van der Waals surface area contributed by atoms with E-state index in [2.05, 4.69) is 10.3 Å². The Bertz CT molecular complexity index is 819. The van der Waals surface area contributed by atoms with Gasteiger partial charge in [0.15, 0.2) is 0 Å². The summed E-state index contributed by atoms with van der Waals surface area (Å²) in [5.41, 5.74) is 2.25. The van der Waals surface area contributed by atoms with Crippen LogP contribution in [0.15, 0.2) is 34.2 Å². The maximum Gasteiger partial charge on any atom is 0.267 e. The molecule has 0 spiro atoms. The van der Waals surface area contributed by atoms with E-state index in [-0.39, 0.29) is 18.0 Å². The van der Waals surface area contributed by atoms with E-state index in [1.807, 2.05) is 13.0 Å². The molecule has 1 amide bonds. The molecule has 0 saturated carbocycles. The average molecular weight is 350 g/mol. The molecule has 0 unspecified atom stereocenters. The number of carbonyl (C=O) groups excluding carboxylic acids is 1. The van der Waals surface area contributed by atoms with Gasteiger partial charge in [0, 0.05) is 10.7 Å². The van der Waals surface area contributed by atoms with Crippen LogP contribution in [0, 0.1) is 6.92 Å². The Hall–Kier alpha value is -1.79. The summed E-state index contributed by atoms with van der Waals surface area (Å²) in [5, 5.41) is 3.34. The van der Waals surface area contributed by atoms with Crippen molar-refractivity contribution in [2.24, 2.45) is 0 Å². The number of nitrogens with one attached hydrogen (secondary N) is 1. The summed E-state index contributed by atoms with van der Waals surface area (Å²) in [6.07, 6.45) is 3.31. The Morgan fingerprint density at radius 3 is 3.09 bits per heavy atom. The second-order valence-corrected chi connectivity index (χ2v) is 6.93. The first-order valence-electron chi connectivity index (χ1n) is 7.32. The number of anilines is 1. The third-order valence-corrected chi connectivity index (χ3v) is 5.24. The Labute approximate surface area is 143 Å². The van der Waals surface area contributed by atoms with Gasteiger partial charge in [0.05, 0.1) is 16.9 Å². The largest absolute Gasteiger partial charge is 0.324 e. The number of hydrogen-bond acceptors (Lipinski definition) is 4. The molecule has 0 aliphatic carbocycles. The normalized spacial score (nSPS) is 13.5. The van der Waals surface area contributed by atoms with Crippen LogP contribution in [-0.4, -0.2) is 21.2 Å². The highest BCUT2D eigenvalue weighted by Crippen LogP contribution is 2.24.